The number of carbonyl (C=O) groups excluding carboxylic acids is 1. The maximum atomic E-state index is 12.1. The van der Waals surface area contributed by atoms with Crippen LogP contribution in [-0.2, 0) is 11.2 Å². The Bertz CT molecular complexity index is 878. The predicted molar refractivity (Wildman–Crippen MR) is 87.5 cm³/mol. The molecular weight excluding hydrogens is 316 g/mol. The number of nitro benzene ring substituents is 1. The molecule has 0 aliphatic rings. The normalized spacial score (nSPS) is 10.6. The fraction of sp³-hybridized carbons (Fsp3) is 0.133. The standard InChI is InChI=1S/C15H12N4O3S/c20-14(8-7-10-3-1-4-11(9-10)19(21)22)16-12-5-2-6-13-15(12)18-23-17-13/h1-6,9H,7-8H2,(H,16,20). The van der Waals surface area contributed by atoms with E-state index in [4.69, 9.17) is 0 Å². The number of aromatic nitrogens is 2. The lowest BCUT2D eigenvalue weighted by Crippen LogP contribution is -2.12. The van der Waals surface area contributed by atoms with Crippen LogP contribution in [0.4, 0.5) is 11.4 Å². The molecule has 1 amide bonds. The molecule has 0 aliphatic heterocycles. The summed E-state index contributed by atoms with van der Waals surface area (Å²) in [6, 6.07) is 11.7. The number of nitrogens with zero attached hydrogens (tertiary/aromatic N) is 3. The third-order valence-electron chi connectivity index (χ3n) is 3.32. The molecule has 2 aromatic carbocycles. The molecule has 23 heavy (non-hydrogen) atoms. The van der Waals surface area contributed by atoms with Crippen molar-refractivity contribution >= 4 is 40.0 Å². The molecule has 0 unspecified atom stereocenters. The summed E-state index contributed by atoms with van der Waals surface area (Å²) in [5, 5.41) is 13.6. The Morgan fingerprint density at radius 2 is 2.04 bits per heavy atom. The summed E-state index contributed by atoms with van der Waals surface area (Å²) in [4.78, 5) is 22.4. The molecule has 0 atom stereocenters. The molecule has 0 radical (unpaired) electrons. The number of carbonyl (C=O) groups is 1. The van der Waals surface area contributed by atoms with Crippen LogP contribution in [0.15, 0.2) is 42.5 Å². The van der Waals surface area contributed by atoms with E-state index in [0.717, 1.165) is 22.8 Å². The van der Waals surface area contributed by atoms with Gasteiger partial charge in [0.15, 0.2) is 0 Å². The Morgan fingerprint density at radius 3 is 2.87 bits per heavy atom. The zero-order valence-electron chi connectivity index (χ0n) is 11.9. The van der Waals surface area contributed by atoms with Gasteiger partial charge in [0.05, 0.1) is 22.3 Å². The topological polar surface area (TPSA) is 98.0 Å². The van der Waals surface area contributed by atoms with Gasteiger partial charge in [-0.1, -0.05) is 18.2 Å². The number of nitro groups is 1. The summed E-state index contributed by atoms with van der Waals surface area (Å²) in [5.74, 6) is -0.169. The molecule has 0 aliphatic carbocycles. The first-order valence-corrected chi connectivity index (χ1v) is 7.61. The number of hydrogen-bond donors (Lipinski definition) is 1. The molecule has 1 aromatic heterocycles. The summed E-state index contributed by atoms with van der Waals surface area (Å²) in [5.41, 5.74) is 2.82. The second kappa shape index (κ2) is 6.49. The largest absolute Gasteiger partial charge is 0.324 e. The molecule has 0 saturated carbocycles. The fourth-order valence-electron chi connectivity index (χ4n) is 2.20. The predicted octanol–water partition coefficient (Wildman–Crippen LogP) is 3.17. The van der Waals surface area contributed by atoms with Gasteiger partial charge in [0, 0.05) is 18.6 Å². The number of nitrogens with one attached hydrogen (secondary N) is 1. The summed E-state index contributed by atoms with van der Waals surface area (Å²) in [6.45, 7) is 0. The van der Waals surface area contributed by atoms with Crippen molar-refractivity contribution in [2.75, 3.05) is 5.32 Å². The van der Waals surface area contributed by atoms with Gasteiger partial charge in [-0.2, -0.15) is 8.75 Å². The van der Waals surface area contributed by atoms with Crippen LogP contribution in [0.25, 0.3) is 11.0 Å². The zero-order chi connectivity index (χ0) is 16.2. The van der Waals surface area contributed by atoms with Crippen LogP contribution in [0.5, 0.6) is 0 Å². The molecule has 3 rings (SSSR count). The molecule has 8 heteroatoms. The molecular formula is C15H12N4O3S. The maximum Gasteiger partial charge on any atom is 0.269 e. The number of anilines is 1. The Labute approximate surface area is 135 Å². The maximum absolute atomic E-state index is 12.1. The number of rotatable bonds is 5. The highest BCUT2D eigenvalue weighted by molar-refractivity contribution is 7.00. The van der Waals surface area contributed by atoms with E-state index in [1.807, 2.05) is 6.07 Å². The van der Waals surface area contributed by atoms with Crippen molar-refractivity contribution in [1.29, 1.82) is 0 Å². The van der Waals surface area contributed by atoms with Crippen molar-refractivity contribution in [3.63, 3.8) is 0 Å². The quantitative estimate of drug-likeness (QED) is 0.573. The monoisotopic (exact) mass is 328 g/mol. The molecule has 0 fully saturated rings. The van der Waals surface area contributed by atoms with Crippen molar-refractivity contribution in [2.45, 2.75) is 12.8 Å². The molecule has 1 N–H and O–H groups in total. The second-order valence-corrected chi connectivity index (χ2v) is 5.44. The van der Waals surface area contributed by atoms with Gasteiger partial charge < -0.3 is 5.32 Å². The Balaban J connectivity index is 1.65. The Morgan fingerprint density at radius 1 is 1.22 bits per heavy atom. The summed E-state index contributed by atoms with van der Waals surface area (Å²) in [7, 11) is 0. The van der Waals surface area contributed by atoms with Crippen molar-refractivity contribution < 1.29 is 9.72 Å². The van der Waals surface area contributed by atoms with Gasteiger partial charge in [-0.25, -0.2) is 0 Å². The second-order valence-electron chi connectivity index (χ2n) is 4.91. The Hall–Kier alpha value is -2.87. The van der Waals surface area contributed by atoms with Gasteiger partial charge in [-0.05, 0) is 24.1 Å². The van der Waals surface area contributed by atoms with Crippen molar-refractivity contribution in [2.24, 2.45) is 0 Å². The minimum Gasteiger partial charge on any atom is -0.324 e. The SMILES string of the molecule is O=C(CCc1cccc([N+](=O)[O-])c1)Nc1cccc2nsnc12. The van der Waals surface area contributed by atoms with Gasteiger partial charge in [-0.15, -0.1) is 0 Å². The van der Waals surface area contributed by atoms with Crippen LogP contribution in [0.3, 0.4) is 0 Å². The van der Waals surface area contributed by atoms with Crippen molar-refractivity contribution in [3.8, 4) is 0 Å². The first-order valence-electron chi connectivity index (χ1n) is 6.88. The first kappa shape index (κ1) is 15.0. The van der Waals surface area contributed by atoms with E-state index in [-0.39, 0.29) is 18.0 Å². The number of amides is 1. The van der Waals surface area contributed by atoms with Gasteiger partial charge in [0.1, 0.15) is 11.0 Å². The smallest absolute Gasteiger partial charge is 0.269 e. The van der Waals surface area contributed by atoms with Crippen LogP contribution in [-0.4, -0.2) is 19.6 Å². The van der Waals surface area contributed by atoms with Gasteiger partial charge in [-0.3, -0.25) is 14.9 Å². The molecule has 0 saturated heterocycles. The first-order chi connectivity index (χ1) is 11.1. The lowest BCUT2D eigenvalue weighted by Gasteiger charge is -2.05. The molecule has 3 aromatic rings. The van der Waals surface area contributed by atoms with Gasteiger partial charge in [0.2, 0.25) is 5.91 Å². The molecule has 1 heterocycles. The third kappa shape index (κ3) is 3.49. The molecule has 7 nitrogen and oxygen atoms in total. The number of benzene rings is 2. The fourth-order valence-corrected chi connectivity index (χ4v) is 2.75. The average molecular weight is 328 g/mol. The van der Waals surface area contributed by atoms with Crippen molar-refractivity contribution in [3.05, 3.63) is 58.1 Å². The van der Waals surface area contributed by atoms with E-state index in [0.29, 0.717) is 17.6 Å². The Kier molecular flexibility index (Phi) is 4.24. The van der Waals surface area contributed by atoms with Crippen LogP contribution >= 0.6 is 11.7 Å². The van der Waals surface area contributed by atoms with Crippen LogP contribution < -0.4 is 5.32 Å². The summed E-state index contributed by atoms with van der Waals surface area (Å²) < 4.78 is 8.28. The zero-order valence-corrected chi connectivity index (χ0v) is 12.7. The molecule has 0 spiro atoms. The van der Waals surface area contributed by atoms with E-state index < -0.39 is 4.92 Å². The lowest BCUT2D eigenvalue weighted by atomic mass is 10.1. The third-order valence-corrected chi connectivity index (χ3v) is 3.86. The number of hydrogen-bond acceptors (Lipinski definition) is 6. The average Bonchev–Trinajstić information content (AvgIpc) is 3.03. The summed E-state index contributed by atoms with van der Waals surface area (Å²) >= 11 is 1.09. The van der Waals surface area contributed by atoms with E-state index in [1.165, 1.54) is 12.1 Å². The highest BCUT2D eigenvalue weighted by Crippen LogP contribution is 2.21. The molecule has 116 valence electrons. The number of aryl methyl sites for hydroxylation is 1. The minimum atomic E-state index is -0.445. The highest BCUT2D eigenvalue weighted by Gasteiger charge is 2.10. The van der Waals surface area contributed by atoms with Crippen LogP contribution in [0.1, 0.15) is 12.0 Å². The van der Waals surface area contributed by atoms with E-state index in [9.17, 15) is 14.9 Å². The van der Waals surface area contributed by atoms with Crippen LogP contribution in [0.2, 0.25) is 0 Å². The van der Waals surface area contributed by atoms with E-state index >= 15 is 0 Å². The minimum absolute atomic E-state index is 0.0289. The van der Waals surface area contributed by atoms with Crippen LogP contribution in [0, 0.1) is 10.1 Å². The number of non-ortho nitro benzene ring substituents is 1. The summed E-state index contributed by atoms with van der Waals surface area (Å²) in [6.07, 6.45) is 0.661. The number of fused-ring (bicyclic) bond motifs is 1. The lowest BCUT2D eigenvalue weighted by molar-refractivity contribution is -0.384. The van der Waals surface area contributed by atoms with E-state index in [2.05, 4.69) is 14.1 Å². The highest BCUT2D eigenvalue weighted by atomic mass is 32.1. The van der Waals surface area contributed by atoms with Crippen molar-refractivity contribution in [1.82, 2.24) is 8.75 Å². The molecule has 0 bridgehead atoms. The van der Waals surface area contributed by atoms with Gasteiger partial charge in [0.25, 0.3) is 5.69 Å². The van der Waals surface area contributed by atoms with E-state index in [1.54, 1.807) is 24.3 Å². The van der Waals surface area contributed by atoms with Gasteiger partial charge >= 0.3 is 0 Å².